The van der Waals surface area contributed by atoms with Gasteiger partial charge in [-0.3, -0.25) is 0 Å². The molecule has 5 atom stereocenters. The van der Waals surface area contributed by atoms with E-state index in [1.165, 1.54) is 11.8 Å². The van der Waals surface area contributed by atoms with Gasteiger partial charge in [-0.05, 0) is 17.7 Å². The van der Waals surface area contributed by atoms with Crippen molar-refractivity contribution in [2.45, 2.75) is 29.8 Å². The van der Waals surface area contributed by atoms with Gasteiger partial charge >= 0.3 is 5.97 Å². The van der Waals surface area contributed by atoms with Crippen molar-refractivity contribution in [3.8, 4) is 0 Å². The first-order valence-electron chi connectivity index (χ1n) is 6.46. The Morgan fingerprint density at radius 3 is 2.95 bits per heavy atom. The summed E-state index contributed by atoms with van der Waals surface area (Å²) < 4.78 is 11.0. The van der Waals surface area contributed by atoms with Gasteiger partial charge in [0.25, 0.3) is 0 Å². The van der Waals surface area contributed by atoms with E-state index in [4.69, 9.17) is 15.0 Å². The molecule has 2 aliphatic rings. The summed E-state index contributed by atoms with van der Waals surface area (Å²) in [6.45, 7) is 0. The second kappa shape index (κ2) is 5.95. The van der Waals surface area contributed by atoms with Crippen molar-refractivity contribution in [3.05, 3.63) is 46.3 Å². The van der Waals surface area contributed by atoms with Crippen LogP contribution in [0.1, 0.15) is 10.4 Å². The molecule has 0 radical (unpaired) electrons. The van der Waals surface area contributed by atoms with Crippen LogP contribution in [0.4, 0.5) is 0 Å². The molecular formula is C13H13N3O4S. The van der Waals surface area contributed by atoms with Gasteiger partial charge in [0.05, 0.1) is 5.56 Å². The van der Waals surface area contributed by atoms with Crippen molar-refractivity contribution < 1.29 is 19.4 Å². The minimum Gasteiger partial charge on any atom is -0.455 e. The van der Waals surface area contributed by atoms with Gasteiger partial charge < -0.3 is 14.6 Å². The minimum atomic E-state index is -0.988. The Kier molecular flexibility index (Phi) is 4.03. The third-order valence-electron chi connectivity index (χ3n) is 3.50. The van der Waals surface area contributed by atoms with Crippen LogP contribution >= 0.6 is 11.8 Å². The molecule has 2 heterocycles. The molecule has 0 amide bonds. The molecule has 2 saturated heterocycles. The molecule has 110 valence electrons. The second-order valence-corrected chi connectivity index (χ2v) is 5.93. The minimum absolute atomic E-state index is 0.369. The number of aliphatic hydroxyl groups is 1. The van der Waals surface area contributed by atoms with Crippen molar-refractivity contribution in [3.63, 3.8) is 0 Å². The lowest BCUT2D eigenvalue weighted by atomic mass is 9.98. The molecule has 3 rings (SSSR count). The molecule has 0 saturated carbocycles. The Bertz CT molecular complexity index is 578. The molecule has 21 heavy (non-hydrogen) atoms. The molecular weight excluding hydrogens is 294 g/mol. The highest BCUT2D eigenvalue weighted by Gasteiger charge is 2.51. The van der Waals surface area contributed by atoms with Gasteiger partial charge in [0.2, 0.25) is 0 Å². The van der Waals surface area contributed by atoms with Crippen LogP contribution in [0.3, 0.4) is 0 Å². The van der Waals surface area contributed by atoms with Gasteiger partial charge in [0, 0.05) is 10.7 Å². The zero-order valence-corrected chi connectivity index (χ0v) is 11.7. The topological polar surface area (TPSA) is 105 Å². The Balaban J connectivity index is 1.81. The highest BCUT2D eigenvalue weighted by atomic mass is 32.2. The molecule has 1 N–H and O–H groups in total. The Morgan fingerprint density at radius 2 is 2.24 bits per heavy atom. The number of nitrogens with zero attached hydrogens (tertiary/aromatic N) is 3. The fraction of sp³-hybridized carbons (Fsp3) is 0.462. The van der Waals surface area contributed by atoms with E-state index < -0.39 is 29.7 Å². The summed E-state index contributed by atoms with van der Waals surface area (Å²) in [6.07, 6.45) is -2.14. The van der Waals surface area contributed by atoms with Crippen LogP contribution in [0.2, 0.25) is 0 Å². The Hall–Kier alpha value is -1.73. The van der Waals surface area contributed by atoms with E-state index in [1.807, 2.05) is 0 Å². The SMILES string of the molecule is [N-]=[N+]=N[C@H]1[C@H](O)[C@H]2O[C@H](CS2)[C@H]1OC(=O)c1ccccc1. The predicted octanol–water partition coefficient (Wildman–Crippen LogP) is 1.72. The molecule has 1 aromatic rings. The van der Waals surface area contributed by atoms with E-state index in [0.29, 0.717) is 11.3 Å². The lowest BCUT2D eigenvalue weighted by Crippen LogP contribution is -2.54. The van der Waals surface area contributed by atoms with Crippen molar-refractivity contribution in [1.82, 2.24) is 0 Å². The average molecular weight is 307 g/mol. The van der Waals surface area contributed by atoms with Gasteiger partial charge in [-0.1, -0.05) is 23.3 Å². The normalized spacial score (nSPS) is 34.0. The largest absolute Gasteiger partial charge is 0.455 e. The van der Waals surface area contributed by atoms with E-state index in [2.05, 4.69) is 10.0 Å². The summed E-state index contributed by atoms with van der Waals surface area (Å²) in [5.74, 6) is 0.0659. The number of aliphatic hydroxyl groups excluding tert-OH is 1. The summed E-state index contributed by atoms with van der Waals surface area (Å²) in [5.41, 5.74) is 8.63. The fourth-order valence-corrected chi connectivity index (χ4v) is 3.70. The molecule has 0 aromatic heterocycles. The zero-order valence-electron chi connectivity index (χ0n) is 10.9. The van der Waals surface area contributed by atoms with E-state index in [0.717, 1.165) is 0 Å². The van der Waals surface area contributed by atoms with Gasteiger partial charge in [-0.15, -0.1) is 11.8 Å². The first-order valence-corrected chi connectivity index (χ1v) is 7.51. The highest BCUT2D eigenvalue weighted by molar-refractivity contribution is 8.00. The first-order chi connectivity index (χ1) is 10.2. The van der Waals surface area contributed by atoms with Gasteiger partial charge in [0.15, 0.2) is 0 Å². The zero-order chi connectivity index (χ0) is 14.8. The van der Waals surface area contributed by atoms with Crippen LogP contribution in [-0.2, 0) is 9.47 Å². The number of ether oxygens (including phenoxy) is 2. The standard InChI is InChI=1S/C13H13N3O4S/c14-16-15-9-10(17)13-19-8(6-21-13)11(9)20-12(18)7-4-2-1-3-5-7/h1-5,8-11,13,17H,6H2/t8-,9+,10+,11-,13+/m1/s1. The summed E-state index contributed by atoms with van der Waals surface area (Å²) in [4.78, 5) is 14.9. The number of azide groups is 1. The van der Waals surface area contributed by atoms with Crippen LogP contribution in [0.25, 0.3) is 10.4 Å². The lowest BCUT2D eigenvalue weighted by Gasteiger charge is -2.36. The smallest absolute Gasteiger partial charge is 0.338 e. The average Bonchev–Trinajstić information content (AvgIpc) is 2.96. The number of esters is 1. The van der Waals surface area contributed by atoms with E-state index in [1.54, 1.807) is 30.3 Å². The number of benzene rings is 1. The van der Waals surface area contributed by atoms with E-state index >= 15 is 0 Å². The second-order valence-electron chi connectivity index (χ2n) is 4.80. The van der Waals surface area contributed by atoms with Gasteiger partial charge in [-0.2, -0.15) is 0 Å². The summed E-state index contributed by atoms with van der Waals surface area (Å²) in [6, 6.07) is 7.70. The van der Waals surface area contributed by atoms with Crippen LogP contribution in [-0.4, -0.2) is 46.6 Å². The lowest BCUT2D eigenvalue weighted by molar-refractivity contribution is -0.133. The molecule has 2 aliphatic heterocycles. The summed E-state index contributed by atoms with van der Waals surface area (Å²) in [5, 5.41) is 13.7. The number of hydrogen-bond donors (Lipinski definition) is 1. The van der Waals surface area contributed by atoms with Crippen molar-refractivity contribution in [2.75, 3.05) is 5.75 Å². The monoisotopic (exact) mass is 307 g/mol. The number of carbonyl (C=O) groups is 1. The summed E-state index contributed by atoms with van der Waals surface area (Å²) >= 11 is 1.43. The molecule has 0 aliphatic carbocycles. The predicted molar refractivity (Wildman–Crippen MR) is 75.7 cm³/mol. The quantitative estimate of drug-likeness (QED) is 0.396. The number of hydrogen-bond acceptors (Lipinski definition) is 6. The molecule has 1 aromatic carbocycles. The number of thioether (sulfide) groups is 1. The maximum absolute atomic E-state index is 12.1. The number of rotatable bonds is 3. The maximum atomic E-state index is 12.1. The van der Waals surface area contributed by atoms with E-state index in [-0.39, 0.29) is 6.10 Å². The van der Waals surface area contributed by atoms with Gasteiger partial charge in [0.1, 0.15) is 29.8 Å². The molecule has 0 unspecified atom stereocenters. The van der Waals surface area contributed by atoms with Crippen molar-refractivity contribution in [2.24, 2.45) is 5.11 Å². The summed E-state index contributed by atoms with van der Waals surface area (Å²) in [7, 11) is 0. The molecule has 2 bridgehead atoms. The van der Waals surface area contributed by atoms with E-state index in [9.17, 15) is 9.90 Å². The Labute approximate surface area is 124 Å². The third-order valence-corrected chi connectivity index (χ3v) is 4.74. The number of fused-ring (bicyclic) bond motifs is 2. The van der Waals surface area contributed by atoms with Crippen LogP contribution < -0.4 is 0 Å². The van der Waals surface area contributed by atoms with Crippen molar-refractivity contribution >= 4 is 17.7 Å². The molecule has 0 spiro atoms. The number of carbonyl (C=O) groups excluding carboxylic acids is 1. The van der Waals surface area contributed by atoms with Crippen molar-refractivity contribution in [1.29, 1.82) is 0 Å². The fourth-order valence-electron chi connectivity index (χ4n) is 2.47. The molecule has 7 nitrogen and oxygen atoms in total. The maximum Gasteiger partial charge on any atom is 0.338 e. The third kappa shape index (κ3) is 2.71. The van der Waals surface area contributed by atoms with Crippen LogP contribution in [0.15, 0.2) is 35.4 Å². The molecule has 2 fully saturated rings. The van der Waals surface area contributed by atoms with Crippen LogP contribution in [0, 0.1) is 0 Å². The highest BCUT2D eigenvalue weighted by Crippen LogP contribution is 2.39. The van der Waals surface area contributed by atoms with Crippen LogP contribution in [0.5, 0.6) is 0 Å². The Morgan fingerprint density at radius 1 is 1.48 bits per heavy atom. The van der Waals surface area contributed by atoms with Gasteiger partial charge in [-0.25, -0.2) is 4.79 Å². The molecule has 8 heteroatoms. The first kappa shape index (κ1) is 14.2.